The summed E-state index contributed by atoms with van der Waals surface area (Å²) in [5.41, 5.74) is -0.980. The van der Waals surface area contributed by atoms with Crippen molar-refractivity contribution in [3.05, 3.63) is 28.8 Å². The highest BCUT2D eigenvalue weighted by molar-refractivity contribution is 6.33. The largest absolute Gasteiger partial charge is 0.416 e. The highest BCUT2D eigenvalue weighted by Gasteiger charge is 2.31. The van der Waals surface area contributed by atoms with Gasteiger partial charge in [0.15, 0.2) is 0 Å². The lowest BCUT2D eigenvalue weighted by molar-refractivity contribution is -0.137. The van der Waals surface area contributed by atoms with Crippen molar-refractivity contribution in [3.63, 3.8) is 0 Å². The van der Waals surface area contributed by atoms with E-state index in [1.165, 1.54) is 0 Å². The van der Waals surface area contributed by atoms with Gasteiger partial charge in [-0.2, -0.15) is 13.2 Å². The Morgan fingerprint density at radius 3 is 2.75 bits per heavy atom. The average Bonchev–Trinajstić information content (AvgIpc) is 2.83. The third kappa shape index (κ3) is 3.77. The summed E-state index contributed by atoms with van der Waals surface area (Å²) in [4.78, 5) is 11.6. The number of nitrogens with one attached hydrogen (secondary N) is 2. The molecule has 0 spiro atoms. The lowest BCUT2D eigenvalue weighted by Crippen LogP contribution is -2.37. The van der Waals surface area contributed by atoms with Crippen molar-refractivity contribution in [2.24, 2.45) is 0 Å². The number of carbonyl (C=O) groups is 1. The number of rotatable bonds is 2. The number of amides is 2. The van der Waals surface area contributed by atoms with Crippen LogP contribution in [-0.2, 0) is 10.9 Å². The van der Waals surface area contributed by atoms with Gasteiger partial charge in [-0.25, -0.2) is 4.79 Å². The predicted molar refractivity (Wildman–Crippen MR) is 67.6 cm³/mol. The van der Waals surface area contributed by atoms with Gasteiger partial charge in [0, 0.05) is 6.61 Å². The van der Waals surface area contributed by atoms with Crippen LogP contribution in [0.4, 0.5) is 23.7 Å². The van der Waals surface area contributed by atoms with Crippen LogP contribution in [0.15, 0.2) is 18.2 Å². The summed E-state index contributed by atoms with van der Waals surface area (Å²) in [6, 6.07) is 2.08. The van der Waals surface area contributed by atoms with Crippen LogP contribution in [0.2, 0.25) is 5.02 Å². The van der Waals surface area contributed by atoms with Crippen molar-refractivity contribution < 1.29 is 22.7 Å². The Morgan fingerprint density at radius 2 is 2.15 bits per heavy atom. The molecule has 1 fully saturated rings. The number of anilines is 1. The van der Waals surface area contributed by atoms with E-state index in [0.717, 1.165) is 24.6 Å². The summed E-state index contributed by atoms with van der Waals surface area (Å²) in [5, 5.41) is 4.82. The third-order valence-corrected chi connectivity index (χ3v) is 3.09. The molecule has 1 atom stereocenters. The van der Waals surface area contributed by atoms with Crippen molar-refractivity contribution in [2.75, 3.05) is 11.9 Å². The van der Waals surface area contributed by atoms with Crippen LogP contribution in [0, 0.1) is 0 Å². The molecule has 1 aromatic rings. The number of urea groups is 1. The van der Waals surface area contributed by atoms with Crippen molar-refractivity contribution in [2.45, 2.75) is 25.2 Å². The molecule has 4 nitrogen and oxygen atoms in total. The van der Waals surface area contributed by atoms with Crippen LogP contribution in [0.3, 0.4) is 0 Å². The van der Waals surface area contributed by atoms with Crippen molar-refractivity contribution >= 4 is 23.3 Å². The molecule has 0 aliphatic carbocycles. The lowest BCUT2D eigenvalue weighted by Gasteiger charge is -2.15. The van der Waals surface area contributed by atoms with E-state index in [1.54, 1.807) is 0 Å². The second-order valence-corrected chi connectivity index (χ2v) is 4.70. The molecule has 1 unspecified atom stereocenters. The Balaban J connectivity index is 2.06. The number of halogens is 4. The fraction of sp³-hybridized carbons (Fsp3) is 0.417. The fourth-order valence-corrected chi connectivity index (χ4v) is 1.96. The molecule has 0 aromatic heterocycles. The van der Waals surface area contributed by atoms with E-state index in [9.17, 15) is 18.0 Å². The highest BCUT2D eigenvalue weighted by atomic mass is 35.5. The van der Waals surface area contributed by atoms with Crippen LogP contribution >= 0.6 is 11.6 Å². The average molecular weight is 309 g/mol. The van der Waals surface area contributed by atoms with Crippen LogP contribution in [0.25, 0.3) is 0 Å². The van der Waals surface area contributed by atoms with Gasteiger partial charge in [0.2, 0.25) is 0 Å². The molecule has 0 saturated carbocycles. The van der Waals surface area contributed by atoms with Crippen molar-refractivity contribution in [3.8, 4) is 0 Å². The molecule has 1 aromatic carbocycles. The minimum atomic E-state index is -4.49. The van der Waals surface area contributed by atoms with Gasteiger partial charge in [-0.3, -0.25) is 0 Å². The third-order valence-electron chi connectivity index (χ3n) is 2.76. The van der Waals surface area contributed by atoms with Gasteiger partial charge >= 0.3 is 12.2 Å². The first-order valence-electron chi connectivity index (χ1n) is 5.92. The predicted octanol–water partition coefficient (Wildman–Crippen LogP) is 3.62. The lowest BCUT2D eigenvalue weighted by atomic mass is 10.2. The second kappa shape index (κ2) is 5.88. The molecular weight excluding hydrogens is 297 g/mol. The maximum atomic E-state index is 12.6. The van der Waals surface area contributed by atoms with Gasteiger partial charge in [0.05, 0.1) is 16.3 Å². The van der Waals surface area contributed by atoms with Gasteiger partial charge in [-0.05, 0) is 31.0 Å². The van der Waals surface area contributed by atoms with E-state index >= 15 is 0 Å². The maximum Gasteiger partial charge on any atom is 0.416 e. The van der Waals surface area contributed by atoms with Gasteiger partial charge in [0.25, 0.3) is 0 Å². The standard InChI is InChI=1S/C12H12ClF3N2O2/c13-8-4-3-7(12(14,15)16)6-9(8)17-11(19)18-10-2-1-5-20-10/h3-4,6,10H,1-2,5H2,(H2,17,18,19). The molecule has 1 heterocycles. The van der Waals surface area contributed by atoms with Crippen LogP contribution in [0.1, 0.15) is 18.4 Å². The summed E-state index contributed by atoms with van der Waals surface area (Å²) in [6.45, 7) is 0.551. The number of ether oxygens (including phenoxy) is 1. The molecule has 2 amide bonds. The summed E-state index contributed by atoms with van der Waals surface area (Å²) in [7, 11) is 0. The van der Waals surface area contributed by atoms with E-state index in [-0.39, 0.29) is 10.7 Å². The van der Waals surface area contributed by atoms with Crippen LogP contribution < -0.4 is 10.6 Å². The zero-order valence-electron chi connectivity index (χ0n) is 10.3. The molecule has 1 saturated heterocycles. The molecule has 2 N–H and O–H groups in total. The second-order valence-electron chi connectivity index (χ2n) is 4.29. The minimum absolute atomic E-state index is 0.0282. The minimum Gasteiger partial charge on any atom is -0.358 e. The number of hydrogen-bond acceptors (Lipinski definition) is 2. The van der Waals surface area contributed by atoms with E-state index in [1.807, 2.05) is 0 Å². The Labute approximate surface area is 118 Å². The summed E-state index contributed by atoms with van der Waals surface area (Å²) in [6.07, 6.45) is -3.41. The van der Waals surface area contributed by atoms with Crippen molar-refractivity contribution in [1.82, 2.24) is 5.32 Å². The quantitative estimate of drug-likeness (QED) is 0.877. The molecule has 0 bridgehead atoms. The molecular formula is C12H12ClF3N2O2. The van der Waals surface area contributed by atoms with Gasteiger partial charge < -0.3 is 15.4 Å². The Hall–Kier alpha value is -1.47. The SMILES string of the molecule is O=C(Nc1cc(C(F)(F)F)ccc1Cl)NC1CCCO1. The van der Waals surface area contributed by atoms with Crippen LogP contribution in [0.5, 0.6) is 0 Å². The number of carbonyl (C=O) groups excluding carboxylic acids is 1. The van der Waals surface area contributed by atoms with Crippen LogP contribution in [-0.4, -0.2) is 18.9 Å². The zero-order valence-corrected chi connectivity index (χ0v) is 11.0. The van der Waals surface area contributed by atoms with Gasteiger partial charge in [0.1, 0.15) is 6.23 Å². The van der Waals surface area contributed by atoms with Gasteiger partial charge in [-0.15, -0.1) is 0 Å². The summed E-state index contributed by atoms with van der Waals surface area (Å²) >= 11 is 5.77. The van der Waals surface area contributed by atoms with Crippen molar-refractivity contribution in [1.29, 1.82) is 0 Å². The summed E-state index contributed by atoms with van der Waals surface area (Å²) in [5.74, 6) is 0. The van der Waals surface area contributed by atoms with E-state index in [0.29, 0.717) is 13.0 Å². The smallest absolute Gasteiger partial charge is 0.358 e. The highest BCUT2D eigenvalue weighted by Crippen LogP contribution is 2.33. The number of alkyl halides is 3. The molecule has 8 heteroatoms. The molecule has 1 aliphatic rings. The normalized spacial score (nSPS) is 18.9. The fourth-order valence-electron chi connectivity index (χ4n) is 1.79. The Morgan fingerprint density at radius 1 is 1.40 bits per heavy atom. The number of benzene rings is 1. The van der Waals surface area contributed by atoms with E-state index in [4.69, 9.17) is 16.3 Å². The molecule has 2 rings (SSSR count). The first-order valence-corrected chi connectivity index (χ1v) is 6.30. The Bertz CT molecular complexity index is 502. The first-order chi connectivity index (χ1) is 9.36. The topological polar surface area (TPSA) is 50.4 Å². The molecule has 110 valence electrons. The first kappa shape index (κ1) is 14.9. The van der Waals surface area contributed by atoms with E-state index in [2.05, 4.69) is 10.6 Å². The summed E-state index contributed by atoms with van der Waals surface area (Å²) < 4.78 is 42.9. The number of hydrogen-bond donors (Lipinski definition) is 2. The molecule has 0 radical (unpaired) electrons. The molecule has 20 heavy (non-hydrogen) atoms. The maximum absolute atomic E-state index is 12.6. The zero-order chi connectivity index (χ0) is 14.8. The van der Waals surface area contributed by atoms with Gasteiger partial charge in [-0.1, -0.05) is 11.6 Å². The van der Waals surface area contributed by atoms with E-state index < -0.39 is 24.0 Å². The Kier molecular flexibility index (Phi) is 4.39. The molecule has 1 aliphatic heterocycles. The monoisotopic (exact) mass is 308 g/mol.